The number of nitrogens with zero attached hydrogens (tertiary/aromatic N) is 1. The minimum absolute atomic E-state index is 0.0669. The fourth-order valence-corrected chi connectivity index (χ4v) is 1.44. The van der Waals surface area contributed by atoms with Crippen molar-refractivity contribution in [2.45, 2.75) is 13.8 Å². The molecular formula is C11H16N4O4S. The molecule has 110 valence electrons. The Kier molecular flexibility index (Phi) is 6.44. The summed E-state index contributed by atoms with van der Waals surface area (Å²) >= 11 is 4.99. The average molecular weight is 300 g/mol. The van der Waals surface area contributed by atoms with Gasteiger partial charge < -0.3 is 20.1 Å². The van der Waals surface area contributed by atoms with Crippen molar-refractivity contribution in [3.05, 3.63) is 11.8 Å². The van der Waals surface area contributed by atoms with Crippen LogP contribution in [0.1, 0.15) is 24.2 Å². The first-order chi connectivity index (χ1) is 9.58. The number of carbonyl (C=O) groups excluding carboxylic acids is 2. The molecule has 8 nitrogen and oxygen atoms in total. The zero-order valence-corrected chi connectivity index (χ0v) is 12.0. The van der Waals surface area contributed by atoms with E-state index >= 15 is 0 Å². The summed E-state index contributed by atoms with van der Waals surface area (Å²) in [6.07, 6.45) is 1.33. The number of rotatable bonds is 6. The van der Waals surface area contributed by atoms with Crippen LogP contribution in [0.4, 0.5) is 5.82 Å². The van der Waals surface area contributed by atoms with E-state index in [2.05, 4.69) is 20.8 Å². The van der Waals surface area contributed by atoms with Crippen LogP contribution in [-0.4, -0.2) is 47.0 Å². The van der Waals surface area contributed by atoms with Gasteiger partial charge in [-0.25, -0.2) is 4.79 Å². The zero-order chi connectivity index (χ0) is 15.0. The molecule has 0 aromatic carbocycles. The van der Waals surface area contributed by atoms with Crippen LogP contribution >= 0.6 is 12.2 Å². The molecule has 0 saturated heterocycles. The van der Waals surface area contributed by atoms with Crippen molar-refractivity contribution >= 4 is 35.1 Å². The van der Waals surface area contributed by atoms with E-state index in [1.54, 1.807) is 13.8 Å². The number of esters is 2. The van der Waals surface area contributed by atoms with E-state index in [1.807, 2.05) is 0 Å². The summed E-state index contributed by atoms with van der Waals surface area (Å²) in [5.74, 6) is -0.645. The number of ether oxygens (including phenoxy) is 2. The van der Waals surface area contributed by atoms with Crippen molar-refractivity contribution in [1.29, 1.82) is 0 Å². The summed E-state index contributed by atoms with van der Waals surface area (Å²) in [6.45, 7) is 3.91. The summed E-state index contributed by atoms with van der Waals surface area (Å²) in [5.41, 5.74) is 0.229. The third-order valence-electron chi connectivity index (χ3n) is 2.07. The van der Waals surface area contributed by atoms with Crippen molar-refractivity contribution in [2.24, 2.45) is 0 Å². The number of hydrogen-bond donors (Lipinski definition) is 3. The van der Waals surface area contributed by atoms with Gasteiger partial charge in [0.1, 0.15) is 17.9 Å². The normalized spacial score (nSPS) is 9.70. The Hall–Kier alpha value is -2.16. The Balaban J connectivity index is 2.52. The number of H-pyrrole nitrogens is 1. The molecule has 1 heterocycles. The monoisotopic (exact) mass is 300 g/mol. The average Bonchev–Trinajstić information content (AvgIpc) is 2.85. The molecule has 1 aromatic heterocycles. The van der Waals surface area contributed by atoms with E-state index in [9.17, 15) is 9.59 Å². The van der Waals surface area contributed by atoms with Gasteiger partial charge in [-0.15, -0.1) is 0 Å². The summed E-state index contributed by atoms with van der Waals surface area (Å²) in [5, 5.41) is 11.8. The van der Waals surface area contributed by atoms with Gasteiger partial charge in [0.25, 0.3) is 0 Å². The predicted molar refractivity (Wildman–Crippen MR) is 75.4 cm³/mol. The Morgan fingerprint density at radius 3 is 2.70 bits per heavy atom. The van der Waals surface area contributed by atoms with Crippen molar-refractivity contribution in [2.75, 3.05) is 25.1 Å². The molecule has 0 aliphatic heterocycles. The van der Waals surface area contributed by atoms with Crippen LogP contribution in [0.15, 0.2) is 6.20 Å². The first kappa shape index (κ1) is 15.9. The maximum absolute atomic E-state index is 11.6. The first-order valence-corrected chi connectivity index (χ1v) is 6.40. The minimum atomic E-state index is -0.517. The molecule has 0 amide bonds. The van der Waals surface area contributed by atoms with Crippen LogP contribution < -0.4 is 10.6 Å². The SMILES string of the molecule is CCOC(=O)CNC(=S)Nc1[nH]ncc1C(=O)OCC. The smallest absolute Gasteiger partial charge is 0.343 e. The van der Waals surface area contributed by atoms with Gasteiger partial charge in [-0.3, -0.25) is 9.89 Å². The van der Waals surface area contributed by atoms with E-state index in [-0.39, 0.29) is 23.8 Å². The summed E-state index contributed by atoms with van der Waals surface area (Å²) in [6, 6.07) is 0. The van der Waals surface area contributed by atoms with E-state index < -0.39 is 11.9 Å². The topological polar surface area (TPSA) is 105 Å². The van der Waals surface area contributed by atoms with Crippen molar-refractivity contribution in [3.63, 3.8) is 0 Å². The number of hydrogen-bond acceptors (Lipinski definition) is 6. The van der Waals surface area contributed by atoms with Gasteiger partial charge >= 0.3 is 11.9 Å². The van der Waals surface area contributed by atoms with Crippen molar-refractivity contribution in [3.8, 4) is 0 Å². The molecule has 1 aromatic rings. The molecule has 1 rings (SSSR count). The molecule has 9 heteroatoms. The van der Waals surface area contributed by atoms with Crippen LogP contribution in [0, 0.1) is 0 Å². The molecule has 0 aliphatic rings. The second-order valence-corrected chi connectivity index (χ2v) is 3.90. The van der Waals surface area contributed by atoms with Crippen LogP contribution in [0.25, 0.3) is 0 Å². The molecule has 0 bridgehead atoms. The minimum Gasteiger partial charge on any atom is -0.465 e. The largest absolute Gasteiger partial charge is 0.465 e. The lowest BCUT2D eigenvalue weighted by Gasteiger charge is -2.09. The van der Waals surface area contributed by atoms with E-state index in [0.717, 1.165) is 0 Å². The molecule has 20 heavy (non-hydrogen) atoms. The highest BCUT2D eigenvalue weighted by molar-refractivity contribution is 7.80. The van der Waals surface area contributed by atoms with Gasteiger partial charge in [-0.2, -0.15) is 5.10 Å². The number of nitrogens with one attached hydrogen (secondary N) is 3. The van der Waals surface area contributed by atoms with Gasteiger partial charge in [0.15, 0.2) is 5.11 Å². The summed E-state index contributed by atoms with van der Waals surface area (Å²) < 4.78 is 9.60. The quantitative estimate of drug-likeness (QED) is 0.513. The molecular weight excluding hydrogens is 284 g/mol. The lowest BCUT2D eigenvalue weighted by molar-refractivity contribution is -0.141. The summed E-state index contributed by atoms with van der Waals surface area (Å²) in [7, 11) is 0. The molecule has 0 aliphatic carbocycles. The number of anilines is 1. The molecule has 0 radical (unpaired) electrons. The maximum Gasteiger partial charge on any atom is 0.343 e. The van der Waals surface area contributed by atoms with E-state index in [4.69, 9.17) is 21.7 Å². The number of aromatic amines is 1. The van der Waals surface area contributed by atoms with Gasteiger partial charge in [-0.05, 0) is 26.1 Å². The van der Waals surface area contributed by atoms with Gasteiger partial charge in [0.05, 0.1) is 19.4 Å². The Morgan fingerprint density at radius 1 is 1.35 bits per heavy atom. The molecule has 0 unspecified atom stereocenters. The Labute approximate surface area is 121 Å². The lowest BCUT2D eigenvalue weighted by Crippen LogP contribution is -2.34. The molecule has 0 spiro atoms. The van der Waals surface area contributed by atoms with Crippen LogP contribution in [-0.2, 0) is 14.3 Å². The second-order valence-electron chi connectivity index (χ2n) is 3.49. The second kappa shape index (κ2) is 8.10. The number of thiocarbonyl (C=S) groups is 1. The van der Waals surface area contributed by atoms with Crippen LogP contribution in [0.3, 0.4) is 0 Å². The first-order valence-electron chi connectivity index (χ1n) is 5.99. The highest BCUT2D eigenvalue weighted by Crippen LogP contribution is 2.12. The zero-order valence-electron chi connectivity index (χ0n) is 11.2. The summed E-state index contributed by atoms with van der Waals surface area (Å²) in [4.78, 5) is 22.7. The molecule has 0 saturated carbocycles. The fourth-order valence-electron chi connectivity index (χ4n) is 1.27. The predicted octanol–water partition coefficient (Wildman–Crippen LogP) is 0.436. The third kappa shape index (κ3) is 4.84. The number of aromatic nitrogens is 2. The lowest BCUT2D eigenvalue weighted by atomic mass is 10.3. The standard InChI is InChI=1S/C11H16N4O4S/c1-3-18-8(16)6-12-11(20)14-9-7(5-13-15-9)10(17)19-4-2/h5H,3-4,6H2,1-2H3,(H3,12,13,14,15,20). The van der Waals surface area contributed by atoms with E-state index in [1.165, 1.54) is 6.20 Å². The van der Waals surface area contributed by atoms with Crippen molar-refractivity contribution in [1.82, 2.24) is 15.5 Å². The number of carbonyl (C=O) groups is 2. The van der Waals surface area contributed by atoms with Crippen molar-refractivity contribution < 1.29 is 19.1 Å². The van der Waals surface area contributed by atoms with Gasteiger partial charge in [-0.1, -0.05) is 0 Å². The molecule has 0 atom stereocenters. The molecule has 3 N–H and O–H groups in total. The van der Waals surface area contributed by atoms with Crippen LogP contribution in [0.5, 0.6) is 0 Å². The maximum atomic E-state index is 11.6. The van der Waals surface area contributed by atoms with E-state index in [0.29, 0.717) is 12.4 Å². The van der Waals surface area contributed by atoms with Gasteiger partial charge in [0.2, 0.25) is 0 Å². The molecule has 0 fully saturated rings. The fraction of sp³-hybridized carbons (Fsp3) is 0.455. The van der Waals surface area contributed by atoms with Gasteiger partial charge in [0, 0.05) is 0 Å². The highest BCUT2D eigenvalue weighted by Gasteiger charge is 2.15. The Morgan fingerprint density at radius 2 is 2.05 bits per heavy atom. The Bertz CT molecular complexity index is 489. The third-order valence-corrected chi connectivity index (χ3v) is 2.32. The van der Waals surface area contributed by atoms with Crippen LogP contribution in [0.2, 0.25) is 0 Å². The highest BCUT2D eigenvalue weighted by atomic mass is 32.1.